The molecule has 11 rings (SSSR count). The molecule has 0 amide bonds. The summed E-state index contributed by atoms with van der Waals surface area (Å²) in [5.74, 6) is 0.645. The molecule has 0 spiro atoms. The maximum Gasteiger partial charge on any atom is 0.0561 e. The van der Waals surface area contributed by atoms with Gasteiger partial charge in [-0.3, -0.25) is 0 Å². The van der Waals surface area contributed by atoms with Crippen molar-refractivity contribution in [2.75, 3.05) is 4.90 Å². The van der Waals surface area contributed by atoms with Crippen LogP contribution in [0.3, 0.4) is 0 Å². The summed E-state index contributed by atoms with van der Waals surface area (Å²) in [6.45, 7) is 9.53. The third kappa shape index (κ3) is 4.87. The van der Waals surface area contributed by atoms with Crippen molar-refractivity contribution in [1.29, 1.82) is 0 Å². The van der Waals surface area contributed by atoms with E-state index in [1.807, 2.05) is 0 Å². The van der Waals surface area contributed by atoms with Crippen LogP contribution in [0.5, 0.6) is 0 Å². The summed E-state index contributed by atoms with van der Waals surface area (Å²) in [6, 6.07) is 57.8. The van der Waals surface area contributed by atoms with E-state index in [1.54, 1.807) is 0 Å². The van der Waals surface area contributed by atoms with Crippen molar-refractivity contribution in [2.24, 2.45) is 0 Å². The van der Waals surface area contributed by atoms with Crippen LogP contribution in [-0.4, -0.2) is 4.57 Å². The summed E-state index contributed by atoms with van der Waals surface area (Å²) < 4.78 is 2.52. The highest BCUT2D eigenvalue weighted by Crippen LogP contribution is 2.53. The summed E-state index contributed by atoms with van der Waals surface area (Å²) >= 11 is 0. The van der Waals surface area contributed by atoms with E-state index in [0.717, 1.165) is 5.69 Å². The van der Waals surface area contributed by atoms with Crippen LogP contribution >= 0.6 is 0 Å². The molecule has 2 nitrogen and oxygen atoms in total. The van der Waals surface area contributed by atoms with E-state index in [0.29, 0.717) is 5.92 Å². The van der Waals surface area contributed by atoms with Crippen LogP contribution in [0.4, 0.5) is 17.1 Å². The fourth-order valence-electron chi connectivity index (χ4n) is 10.8. The van der Waals surface area contributed by atoms with Gasteiger partial charge in [-0.15, -0.1) is 0 Å². The molecule has 3 aliphatic rings. The van der Waals surface area contributed by atoms with Crippen LogP contribution < -0.4 is 4.90 Å². The number of fused-ring (bicyclic) bond motifs is 9. The third-order valence-electron chi connectivity index (χ3n) is 13.8. The summed E-state index contributed by atoms with van der Waals surface area (Å²) in [5.41, 5.74) is 19.5. The predicted molar refractivity (Wildman–Crippen MR) is 236 cm³/mol. The highest BCUT2D eigenvalue weighted by Gasteiger charge is 2.38. The Balaban J connectivity index is 1.14. The molecule has 2 heteroatoms. The summed E-state index contributed by atoms with van der Waals surface area (Å²) in [6.07, 6.45) is 6.62. The molecule has 0 radical (unpaired) electrons. The number of aromatic nitrogens is 1. The fourth-order valence-corrected chi connectivity index (χ4v) is 10.8. The number of para-hydroxylation sites is 1. The molecule has 0 aliphatic heterocycles. The molecular weight excluding hydrogens is 677 g/mol. The van der Waals surface area contributed by atoms with Gasteiger partial charge in [-0.2, -0.15) is 0 Å². The quantitative estimate of drug-likeness (QED) is 0.172. The van der Waals surface area contributed by atoms with E-state index in [2.05, 4.69) is 189 Å². The van der Waals surface area contributed by atoms with Crippen molar-refractivity contribution in [3.05, 3.63) is 179 Å². The molecule has 3 aliphatic carbocycles. The van der Waals surface area contributed by atoms with Crippen LogP contribution in [0.25, 0.3) is 49.7 Å². The first kappa shape index (κ1) is 33.5. The molecule has 1 heterocycles. The minimum absolute atomic E-state index is 0.102. The Bertz CT molecular complexity index is 2740. The molecule has 0 bridgehead atoms. The average Bonchev–Trinajstić information content (AvgIpc) is 3.77. The highest BCUT2D eigenvalue weighted by atomic mass is 15.1. The zero-order chi connectivity index (χ0) is 37.8. The van der Waals surface area contributed by atoms with E-state index >= 15 is 0 Å². The minimum Gasteiger partial charge on any atom is -0.310 e. The Morgan fingerprint density at radius 3 is 1.54 bits per heavy atom. The molecule has 7 aromatic carbocycles. The Hall–Kier alpha value is -5.86. The van der Waals surface area contributed by atoms with Gasteiger partial charge in [-0.05, 0) is 123 Å². The van der Waals surface area contributed by atoms with Gasteiger partial charge in [0.1, 0.15) is 0 Å². The first-order valence-electron chi connectivity index (χ1n) is 20.7. The van der Waals surface area contributed by atoms with E-state index < -0.39 is 0 Å². The van der Waals surface area contributed by atoms with Gasteiger partial charge in [0.05, 0.1) is 11.0 Å². The molecule has 0 N–H and O–H groups in total. The number of anilines is 3. The largest absolute Gasteiger partial charge is 0.310 e. The monoisotopic (exact) mass is 724 g/mol. The molecule has 1 aromatic heterocycles. The van der Waals surface area contributed by atoms with Gasteiger partial charge < -0.3 is 9.47 Å². The van der Waals surface area contributed by atoms with Gasteiger partial charge in [-0.1, -0.05) is 144 Å². The SMILES string of the molecule is CC1(C)c2ccccc2-c2ccc(N(c3ccc4c(c3)C(C)(C)c3ccccc3-4)c3ccc4c5ccc(C6CCCCC6)cc5n(-c5ccccc5)c4c3)cc21. The smallest absolute Gasteiger partial charge is 0.0561 e. The topological polar surface area (TPSA) is 8.17 Å². The molecule has 0 atom stereocenters. The molecule has 56 heavy (non-hydrogen) atoms. The van der Waals surface area contributed by atoms with Crippen LogP contribution in [0.15, 0.2) is 152 Å². The summed E-state index contributed by atoms with van der Waals surface area (Å²) in [5, 5.41) is 2.61. The summed E-state index contributed by atoms with van der Waals surface area (Å²) in [4.78, 5) is 2.51. The van der Waals surface area contributed by atoms with Gasteiger partial charge in [-0.25, -0.2) is 0 Å². The standard InChI is InChI=1S/C54H48N2/c1-53(2)47-21-13-11-19-41(47)43-28-24-38(32-49(43)53)55(39-25-29-44-42-20-12-14-22-48(42)54(3,4)50(44)33-39)40-26-30-46-45-27-23-36(35-15-7-5-8-16-35)31-51(45)56(52(46)34-40)37-17-9-6-10-18-37/h6,9-14,17-35H,5,7-8,15-16H2,1-4H3. The molecule has 1 saturated carbocycles. The second kappa shape index (κ2) is 12.3. The number of nitrogens with zero attached hydrogens (tertiary/aromatic N) is 2. The number of rotatable bonds is 5. The van der Waals surface area contributed by atoms with E-state index in [1.165, 1.54) is 121 Å². The summed E-state index contributed by atoms with van der Waals surface area (Å²) in [7, 11) is 0. The Kier molecular flexibility index (Phi) is 7.37. The Labute approximate surface area is 331 Å². The highest BCUT2D eigenvalue weighted by molar-refractivity contribution is 6.10. The van der Waals surface area contributed by atoms with E-state index in [-0.39, 0.29) is 10.8 Å². The minimum atomic E-state index is -0.102. The first-order valence-corrected chi connectivity index (χ1v) is 20.7. The van der Waals surface area contributed by atoms with Crippen LogP contribution in [-0.2, 0) is 10.8 Å². The van der Waals surface area contributed by atoms with Crippen molar-refractivity contribution in [3.63, 3.8) is 0 Å². The van der Waals surface area contributed by atoms with Gasteiger partial charge in [0.2, 0.25) is 0 Å². The number of benzene rings is 7. The number of hydrogen-bond donors (Lipinski definition) is 0. The molecule has 1 fully saturated rings. The fraction of sp³-hybridized carbons (Fsp3) is 0.222. The molecule has 274 valence electrons. The van der Waals surface area contributed by atoms with Crippen LogP contribution in [0, 0.1) is 0 Å². The van der Waals surface area contributed by atoms with Gasteiger partial charge in [0.15, 0.2) is 0 Å². The van der Waals surface area contributed by atoms with Crippen molar-refractivity contribution < 1.29 is 0 Å². The maximum absolute atomic E-state index is 2.52. The molecule has 0 unspecified atom stereocenters. The number of hydrogen-bond acceptors (Lipinski definition) is 1. The predicted octanol–water partition coefficient (Wildman–Crippen LogP) is 14.9. The third-order valence-corrected chi connectivity index (χ3v) is 13.8. The van der Waals surface area contributed by atoms with Crippen molar-refractivity contribution in [3.8, 4) is 27.9 Å². The van der Waals surface area contributed by atoms with Crippen LogP contribution in [0.2, 0.25) is 0 Å². The first-order chi connectivity index (χ1) is 27.3. The van der Waals surface area contributed by atoms with E-state index in [9.17, 15) is 0 Å². The lowest BCUT2D eigenvalue weighted by Gasteiger charge is -2.30. The molecule has 8 aromatic rings. The molecular formula is C54H48N2. The lowest BCUT2D eigenvalue weighted by atomic mass is 9.82. The maximum atomic E-state index is 2.52. The zero-order valence-electron chi connectivity index (χ0n) is 32.9. The lowest BCUT2D eigenvalue weighted by Crippen LogP contribution is -2.18. The zero-order valence-corrected chi connectivity index (χ0v) is 32.9. The van der Waals surface area contributed by atoms with Crippen LogP contribution in [0.1, 0.15) is 93.5 Å². The van der Waals surface area contributed by atoms with E-state index in [4.69, 9.17) is 0 Å². The van der Waals surface area contributed by atoms with Crippen molar-refractivity contribution in [1.82, 2.24) is 4.57 Å². The van der Waals surface area contributed by atoms with Crippen molar-refractivity contribution >= 4 is 38.9 Å². The van der Waals surface area contributed by atoms with Gasteiger partial charge >= 0.3 is 0 Å². The normalized spacial score (nSPS) is 16.4. The Morgan fingerprint density at radius 2 is 0.929 bits per heavy atom. The molecule has 0 saturated heterocycles. The lowest BCUT2D eigenvalue weighted by molar-refractivity contribution is 0.444. The van der Waals surface area contributed by atoms with Gasteiger partial charge in [0, 0.05) is 44.4 Å². The van der Waals surface area contributed by atoms with Crippen molar-refractivity contribution in [2.45, 2.75) is 76.5 Å². The second-order valence-electron chi connectivity index (χ2n) is 17.6. The Morgan fingerprint density at radius 1 is 0.446 bits per heavy atom. The average molecular weight is 725 g/mol. The van der Waals surface area contributed by atoms with Gasteiger partial charge in [0.25, 0.3) is 0 Å². The second-order valence-corrected chi connectivity index (χ2v) is 17.6.